The first-order valence-corrected chi connectivity index (χ1v) is 6.58. The van der Waals surface area contributed by atoms with Crippen molar-refractivity contribution in [2.24, 2.45) is 5.92 Å². The van der Waals surface area contributed by atoms with Crippen LogP contribution in [-0.4, -0.2) is 23.3 Å². The molecule has 0 saturated heterocycles. The average Bonchev–Trinajstić information content (AvgIpc) is 3.18. The SMILES string of the molecule is CC(CO)(NC(=O)Nc1c(F)cc(Cl)cc1F)C1CC1. The zero-order valence-corrected chi connectivity index (χ0v) is 11.6. The maximum atomic E-state index is 13.5. The molecule has 0 aromatic heterocycles. The number of urea groups is 1. The van der Waals surface area contributed by atoms with Gasteiger partial charge < -0.3 is 15.7 Å². The van der Waals surface area contributed by atoms with Crippen molar-refractivity contribution < 1.29 is 18.7 Å². The number of rotatable bonds is 4. The summed E-state index contributed by atoms with van der Waals surface area (Å²) in [5.74, 6) is -1.73. The van der Waals surface area contributed by atoms with Crippen molar-refractivity contribution >= 4 is 23.3 Å². The van der Waals surface area contributed by atoms with Crippen LogP contribution >= 0.6 is 11.6 Å². The molecule has 0 aliphatic heterocycles. The number of nitrogens with one attached hydrogen (secondary N) is 2. The lowest BCUT2D eigenvalue weighted by atomic mass is 9.97. The molecule has 1 aliphatic rings. The van der Waals surface area contributed by atoms with E-state index in [4.69, 9.17) is 11.6 Å². The quantitative estimate of drug-likeness (QED) is 0.801. The van der Waals surface area contributed by atoms with Crippen molar-refractivity contribution in [1.82, 2.24) is 5.32 Å². The number of halogens is 3. The van der Waals surface area contributed by atoms with Gasteiger partial charge in [0.05, 0.1) is 12.1 Å². The minimum absolute atomic E-state index is 0.0934. The molecule has 7 heteroatoms. The summed E-state index contributed by atoms with van der Waals surface area (Å²) in [5.41, 5.74) is -1.35. The first-order valence-electron chi connectivity index (χ1n) is 6.20. The van der Waals surface area contributed by atoms with Gasteiger partial charge in [0, 0.05) is 5.02 Å². The second-order valence-electron chi connectivity index (χ2n) is 5.17. The van der Waals surface area contributed by atoms with E-state index in [1.54, 1.807) is 6.92 Å². The third kappa shape index (κ3) is 3.19. The second-order valence-corrected chi connectivity index (χ2v) is 5.61. The van der Waals surface area contributed by atoms with Gasteiger partial charge in [-0.05, 0) is 37.8 Å². The Hall–Kier alpha value is -1.40. The van der Waals surface area contributed by atoms with Crippen molar-refractivity contribution in [3.05, 3.63) is 28.8 Å². The van der Waals surface area contributed by atoms with Crippen molar-refractivity contribution in [3.63, 3.8) is 0 Å². The Bertz CT molecular complexity index is 514. The fourth-order valence-corrected chi connectivity index (χ4v) is 2.25. The van der Waals surface area contributed by atoms with Gasteiger partial charge in [-0.2, -0.15) is 0 Å². The first kappa shape index (κ1) is 15.0. The molecule has 0 heterocycles. The topological polar surface area (TPSA) is 61.4 Å². The van der Waals surface area contributed by atoms with E-state index in [1.807, 2.05) is 0 Å². The van der Waals surface area contributed by atoms with Gasteiger partial charge in [0.25, 0.3) is 0 Å². The Morgan fingerprint density at radius 3 is 2.45 bits per heavy atom. The van der Waals surface area contributed by atoms with Gasteiger partial charge in [-0.15, -0.1) is 0 Å². The van der Waals surface area contributed by atoms with Crippen molar-refractivity contribution in [2.75, 3.05) is 11.9 Å². The molecular weight excluding hydrogens is 290 g/mol. The zero-order valence-electron chi connectivity index (χ0n) is 10.8. The number of carbonyl (C=O) groups is 1. The summed E-state index contributed by atoms with van der Waals surface area (Å²) in [6.45, 7) is 1.45. The molecule has 1 atom stereocenters. The standard InChI is InChI=1S/C13H15ClF2N2O2/c1-13(6-19,7-2-3-7)18-12(20)17-11-9(15)4-8(14)5-10(11)16/h4-5,7,19H,2-3,6H2,1H3,(H2,17,18,20). The van der Waals surface area contributed by atoms with Gasteiger partial charge in [0.2, 0.25) is 0 Å². The predicted molar refractivity (Wildman–Crippen MR) is 71.7 cm³/mol. The summed E-state index contributed by atoms with van der Waals surface area (Å²) in [6.07, 6.45) is 1.81. The summed E-state index contributed by atoms with van der Waals surface area (Å²) in [5, 5.41) is 13.9. The second kappa shape index (κ2) is 5.54. The van der Waals surface area contributed by atoms with Crippen LogP contribution in [0.1, 0.15) is 19.8 Å². The van der Waals surface area contributed by atoms with E-state index >= 15 is 0 Å². The molecular formula is C13H15ClF2N2O2. The fraction of sp³-hybridized carbons (Fsp3) is 0.462. The highest BCUT2D eigenvalue weighted by molar-refractivity contribution is 6.30. The number of anilines is 1. The van der Waals surface area contributed by atoms with E-state index < -0.39 is 28.9 Å². The van der Waals surface area contributed by atoms with E-state index in [2.05, 4.69) is 10.6 Å². The molecule has 1 unspecified atom stereocenters. The third-order valence-corrected chi connectivity index (χ3v) is 3.67. The van der Waals surface area contributed by atoms with Crippen LogP contribution in [0.15, 0.2) is 12.1 Å². The lowest BCUT2D eigenvalue weighted by Crippen LogP contribution is -2.52. The van der Waals surface area contributed by atoms with E-state index in [0.717, 1.165) is 25.0 Å². The molecule has 3 N–H and O–H groups in total. The highest BCUT2D eigenvalue weighted by Gasteiger charge is 2.42. The smallest absolute Gasteiger partial charge is 0.319 e. The van der Waals surface area contributed by atoms with Crippen LogP contribution in [0.4, 0.5) is 19.3 Å². The van der Waals surface area contributed by atoms with E-state index in [0.29, 0.717) is 0 Å². The van der Waals surface area contributed by atoms with Crippen LogP contribution in [0.5, 0.6) is 0 Å². The molecule has 4 nitrogen and oxygen atoms in total. The molecule has 0 radical (unpaired) electrons. The fourth-order valence-electron chi connectivity index (χ4n) is 2.06. The zero-order chi connectivity index (χ0) is 14.9. The van der Waals surface area contributed by atoms with Crippen LogP contribution in [0.3, 0.4) is 0 Å². The Labute approximate surface area is 120 Å². The van der Waals surface area contributed by atoms with Crippen LogP contribution in [0.2, 0.25) is 5.02 Å². The molecule has 1 aliphatic carbocycles. The lowest BCUT2D eigenvalue weighted by molar-refractivity contribution is 0.159. The van der Waals surface area contributed by atoms with Crippen molar-refractivity contribution in [3.8, 4) is 0 Å². The van der Waals surface area contributed by atoms with Crippen LogP contribution < -0.4 is 10.6 Å². The van der Waals surface area contributed by atoms with Gasteiger partial charge in [-0.25, -0.2) is 13.6 Å². The summed E-state index contributed by atoms with van der Waals surface area (Å²) >= 11 is 5.50. The van der Waals surface area contributed by atoms with E-state index in [1.165, 1.54) is 0 Å². The minimum Gasteiger partial charge on any atom is -0.394 e. The number of aliphatic hydroxyl groups is 1. The Morgan fingerprint density at radius 2 is 2.00 bits per heavy atom. The molecule has 2 amide bonds. The van der Waals surface area contributed by atoms with Crippen molar-refractivity contribution in [2.45, 2.75) is 25.3 Å². The molecule has 0 bridgehead atoms. The molecule has 1 saturated carbocycles. The molecule has 0 spiro atoms. The maximum Gasteiger partial charge on any atom is 0.319 e. The number of aliphatic hydroxyl groups excluding tert-OH is 1. The highest BCUT2D eigenvalue weighted by atomic mass is 35.5. The number of hydrogen-bond acceptors (Lipinski definition) is 2. The largest absolute Gasteiger partial charge is 0.394 e. The summed E-state index contributed by atoms with van der Waals surface area (Å²) in [4.78, 5) is 11.8. The molecule has 2 rings (SSSR count). The van der Waals surface area contributed by atoms with Crippen molar-refractivity contribution in [1.29, 1.82) is 0 Å². The van der Waals surface area contributed by atoms with E-state index in [9.17, 15) is 18.7 Å². The number of benzene rings is 1. The minimum atomic E-state index is -0.956. The third-order valence-electron chi connectivity index (χ3n) is 3.45. The Morgan fingerprint density at radius 1 is 1.45 bits per heavy atom. The van der Waals surface area contributed by atoms with Gasteiger partial charge >= 0.3 is 6.03 Å². The van der Waals surface area contributed by atoms with Gasteiger partial charge in [-0.3, -0.25) is 0 Å². The lowest BCUT2D eigenvalue weighted by Gasteiger charge is -2.28. The predicted octanol–water partition coefficient (Wildman–Crippen LogP) is 2.90. The van der Waals surface area contributed by atoms with E-state index in [-0.39, 0.29) is 17.5 Å². The number of amides is 2. The molecule has 1 aromatic rings. The van der Waals surface area contributed by atoms with Crippen LogP contribution in [-0.2, 0) is 0 Å². The monoisotopic (exact) mass is 304 g/mol. The van der Waals surface area contributed by atoms with Gasteiger partial charge in [-0.1, -0.05) is 11.6 Å². The summed E-state index contributed by atoms with van der Waals surface area (Å²) in [6, 6.07) is 1.05. The van der Waals surface area contributed by atoms with Gasteiger partial charge in [0.15, 0.2) is 11.6 Å². The van der Waals surface area contributed by atoms with Gasteiger partial charge in [0.1, 0.15) is 5.69 Å². The average molecular weight is 305 g/mol. The number of carbonyl (C=O) groups excluding carboxylic acids is 1. The summed E-state index contributed by atoms with van der Waals surface area (Å²) in [7, 11) is 0. The highest BCUT2D eigenvalue weighted by Crippen LogP contribution is 2.39. The Kier molecular flexibility index (Phi) is 4.15. The molecule has 110 valence electrons. The molecule has 1 aromatic carbocycles. The Balaban J connectivity index is 2.08. The van der Waals surface area contributed by atoms with Crippen LogP contribution in [0, 0.1) is 17.6 Å². The summed E-state index contributed by atoms with van der Waals surface area (Å²) < 4.78 is 27.1. The normalized spacial score (nSPS) is 17.4. The first-order chi connectivity index (χ1) is 9.35. The van der Waals surface area contributed by atoms with Crippen LogP contribution in [0.25, 0.3) is 0 Å². The maximum absolute atomic E-state index is 13.5. The molecule has 20 heavy (non-hydrogen) atoms. The number of hydrogen-bond donors (Lipinski definition) is 3. The molecule has 1 fully saturated rings.